The van der Waals surface area contributed by atoms with E-state index in [0.717, 1.165) is 11.3 Å². The summed E-state index contributed by atoms with van der Waals surface area (Å²) in [4.78, 5) is 12.0. The van der Waals surface area contributed by atoms with Crippen LogP contribution < -0.4 is 4.74 Å². The van der Waals surface area contributed by atoms with E-state index in [1.807, 2.05) is 24.3 Å². The van der Waals surface area contributed by atoms with Crippen LogP contribution in [0, 0.1) is 6.92 Å². The average molecular weight is 439 g/mol. The average Bonchev–Trinajstić information content (AvgIpc) is 3.19. The zero-order chi connectivity index (χ0) is 21.0. The van der Waals surface area contributed by atoms with Crippen LogP contribution >= 0.6 is 11.6 Å². The van der Waals surface area contributed by atoms with Crippen molar-refractivity contribution in [2.24, 2.45) is 0 Å². The summed E-state index contributed by atoms with van der Waals surface area (Å²) in [5.74, 6) is 0.463. The summed E-state index contributed by atoms with van der Waals surface area (Å²) in [5.41, 5.74) is 2.25. The van der Waals surface area contributed by atoms with Crippen molar-refractivity contribution < 1.29 is 22.7 Å². The van der Waals surface area contributed by atoms with Gasteiger partial charge in [-0.25, -0.2) is 17.9 Å². The minimum absolute atomic E-state index is 0.0321. The fourth-order valence-electron chi connectivity index (χ4n) is 3.19. The molecule has 0 N–H and O–H groups in total. The van der Waals surface area contributed by atoms with Crippen LogP contribution in [0.25, 0.3) is 6.08 Å². The zero-order valence-electron chi connectivity index (χ0n) is 16.3. The molecule has 29 heavy (non-hydrogen) atoms. The Bertz CT molecular complexity index is 1010. The predicted molar refractivity (Wildman–Crippen MR) is 111 cm³/mol. The van der Waals surface area contributed by atoms with Gasteiger partial charge < -0.3 is 9.47 Å². The molecule has 1 aromatic carbocycles. The van der Waals surface area contributed by atoms with Crippen LogP contribution in [0.15, 0.2) is 30.3 Å². The number of aryl methyl sites for hydroxylation is 1. The monoisotopic (exact) mass is 438 g/mol. The molecule has 0 aliphatic carbocycles. The Morgan fingerprint density at radius 1 is 1.34 bits per heavy atom. The van der Waals surface area contributed by atoms with E-state index >= 15 is 0 Å². The Labute approximate surface area is 175 Å². The molecular weight excluding hydrogens is 416 g/mol. The first-order valence-electron chi connectivity index (χ1n) is 9.22. The maximum atomic E-state index is 12.0. The van der Waals surface area contributed by atoms with E-state index in [-0.39, 0.29) is 24.2 Å². The summed E-state index contributed by atoms with van der Waals surface area (Å²) >= 11 is 6.39. The summed E-state index contributed by atoms with van der Waals surface area (Å²) in [5, 5.41) is 4.68. The second-order valence-corrected chi connectivity index (χ2v) is 9.48. The molecule has 2 aromatic rings. The molecule has 7 nitrogen and oxygen atoms in total. The summed E-state index contributed by atoms with van der Waals surface area (Å²) in [6, 6.07) is 7.28. The van der Waals surface area contributed by atoms with Crippen molar-refractivity contribution in [2.45, 2.75) is 25.8 Å². The van der Waals surface area contributed by atoms with Gasteiger partial charge >= 0.3 is 5.97 Å². The second kappa shape index (κ2) is 9.00. The van der Waals surface area contributed by atoms with Gasteiger partial charge in [0, 0.05) is 18.1 Å². The Balaban J connectivity index is 1.57. The maximum Gasteiger partial charge on any atom is 0.330 e. The molecule has 9 heteroatoms. The SMILES string of the molecule is COc1ccc(CCOC(=O)/C=C/c2c(C)nn([C@H]3CCS(=O)(=O)C3)c2Cl)cc1. The maximum absolute atomic E-state index is 12.0. The van der Waals surface area contributed by atoms with Crippen LogP contribution in [0.2, 0.25) is 5.15 Å². The number of carbonyl (C=O) groups excluding carboxylic acids is 1. The van der Waals surface area contributed by atoms with Crippen molar-refractivity contribution in [3.8, 4) is 5.75 Å². The summed E-state index contributed by atoms with van der Waals surface area (Å²) in [6.45, 7) is 2.02. The fourth-order valence-corrected chi connectivity index (χ4v) is 5.26. The first-order valence-corrected chi connectivity index (χ1v) is 11.4. The molecule has 2 heterocycles. The standard InChI is InChI=1S/C20H23ClN2O5S/c1-14-18(20(21)23(22-14)16-10-12-29(25,26)13-16)7-8-19(24)28-11-9-15-3-5-17(27-2)6-4-15/h3-8,16H,9-13H2,1-2H3/b8-7+/t16-/m0/s1. The molecule has 0 radical (unpaired) electrons. The van der Waals surface area contributed by atoms with E-state index in [2.05, 4.69) is 5.10 Å². The number of esters is 1. The lowest BCUT2D eigenvalue weighted by Crippen LogP contribution is -2.12. The van der Waals surface area contributed by atoms with Gasteiger partial charge in [-0.3, -0.25) is 0 Å². The number of hydrogen-bond donors (Lipinski definition) is 0. The highest BCUT2D eigenvalue weighted by Gasteiger charge is 2.31. The normalized spacial score (nSPS) is 18.2. The summed E-state index contributed by atoms with van der Waals surface area (Å²) < 4.78 is 35.3. The molecule has 0 unspecified atom stereocenters. The van der Waals surface area contributed by atoms with Crippen molar-refractivity contribution in [1.29, 1.82) is 0 Å². The van der Waals surface area contributed by atoms with Gasteiger partial charge in [0.2, 0.25) is 0 Å². The van der Waals surface area contributed by atoms with Crippen molar-refractivity contribution >= 4 is 33.5 Å². The van der Waals surface area contributed by atoms with Crippen molar-refractivity contribution in [2.75, 3.05) is 25.2 Å². The molecule has 1 atom stereocenters. The van der Waals surface area contributed by atoms with Crippen LogP contribution in [-0.2, 0) is 25.8 Å². The highest BCUT2D eigenvalue weighted by atomic mass is 35.5. The van der Waals surface area contributed by atoms with Gasteiger partial charge in [-0.1, -0.05) is 23.7 Å². The number of nitrogens with zero attached hydrogens (tertiary/aromatic N) is 2. The molecule has 3 rings (SSSR count). The number of aromatic nitrogens is 2. The zero-order valence-corrected chi connectivity index (χ0v) is 17.9. The third-order valence-corrected chi connectivity index (χ3v) is 6.93. The third-order valence-electron chi connectivity index (χ3n) is 4.81. The lowest BCUT2D eigenvalue weighted by atomic mass is 10.1. The van der Waals surface area contributed by atoms with Crippen LogP contribution in [0.1, 0.15) is 29.3 Å². The van der Waals surface area contributed by atoms with Gasteiger partial charge in [-0.05, 0) is 37.1 Å². The Morgan fingerprint density at radius 2 is 2.07 bits per heavy atom. The molecule has 0 bridgehead atoms. The number of sulfone groups is 1. The molecule has 1 fully saturated rings. The number of rotatable bonds is 7. The third kappa shape index (κ3) is 5.39. The molecule has 0 saturated carbocycles. The lowest BCUT2D eigenvalue weighted by Gasteiger charge is -2.09. The van der Waals surface area contributed by atoms with E-state index in [1.165, 1.54) is 10.8 Å². The number of carbonyl (C=O) groups is 1. The van der Waals surface area contributed by atoms with E-state index in [1.54, 1.807) is 20.1 Å². The highest BCUT2D eigenvalue weighted by molar-refractivity contribution is 7.91. The molecule has 1 saturated heterocycles. The molecule has 0 amide bonds. The summed E-state index contributed by atoms with van der Waals surface area (Å²) in [7, 11) is -1.44. The van der Waals surface area contributed by atoms with E-state index in [0.29, 0.717) is 29.3 Å². The number of halogens is 1. The lowest BCUT2D eigenvalue weighted by molar-refractivity contribution is -0.137. The van der Waals surface area contributed by atoms with Crippen LogP contribution in [0.5, 0.6) is 5.75 Å². The summed E-state index contributed by atoms with van der Waals surface area (Å²) in [6.07, 6.45) is 3.94. The first kappa shape index (κ1) is 21.4. The van der Waals surface area contributed by atoms with E-state index in [4.69, 9.17) is 21.1 Å². The topological polar surface area (TPSA) is 87.5 Å². The van der Waals surface area contributed by atoms with Gasteiger partial charge in [-0.2, -0.15) is 5.10 Å². The van der Waals surface area contributed by atoms with E-state index in [9.17, 15) is 13.2 Å². The molecule has 0 spiro atoms. The van der Waals surface area contributed by atoms with Crippen molar-refractivity contribution in [3.05, 3.63) is 52.3 Å². The molecule has 1 aliphatic rings. The van der Waals surface area contributed by atoms with Gasteiger partial charge in [0.15, 0.2) is 9.84 Å². The molecule has 156 valence electrons. The highest BCUT2D eigenvalue weighted by Crippen LogP contribution is 2.30. The fraction of sp³-hybridized carbons (Fsp3) is 0.400. The van der Waals surface area contributed by atoms with Crippen molar-refractivity contribution in [3.63, 3.8) is 0 Å². The number of methoxy groups -OCH3 is 1. The smallest absolute Gasteiger partial charge is 0.330 e. The van der Waals surface area contributed by atoms with Gasteiger partial charge in [0.05, 0.1) is 37.0 Å². The van der Waals surface area contributed by atoms with Crippen LogP contribution in [0.3, 0.4) is 0 Å². The molecular formula is C20H23ClN2O5S. The second-order valence-electron chi connectivity index (χ2n) is 6.89. The largest absolute Gasteiger partial charge is 0.497 e. The predicted octanol–water partition coefficient (Wildman–Crippen LogP) is 3.01. The van der Waals surface area contributed by atoms with Gasteiger partial charge in [-0.15, -0.1) is 0 Å². The quantitative estimate of drug-likeness (QED) is 0.487. The number of hydrogen-bond acceptors (Lipinski definition) is 6. The van der Waals surface area contributed by atoms with Crippen molar-refractivity contribution in [1.82, 2.24) is 9.78 Å². The van der Waals surface area contributed by atoms with Gasteiger partial charge in [0.1, 0.15) is 10.9 Å². The van der Waals surface area contributed by atoms with E-state index < -0.39 is 15.8 Å². The molecule has 1 aromatic heterocycles. The molecule has 1 aliphatic heterocycles. The number of ether oxygens (including phenoxy) is 2. The Kier molecular flexibility index (Phi) is 6.64. The first-order chi connectivity index (χ1) is 13.8. The number of benzene rings is 1. The van der Waals surface area contributed by atoms with Crippen LogP contribution in [0.4, 0.5) is 0 Å². The van der Waals surface area contributed by atoms with Crippen LogP contribution in [-0.4, -0.2) is 49.4 Å². The Morgan fingerprint density at radius 3 is 2.69 bits per heavy atom. The minimum Gasteiger partial charge on any atom is -0.497 e. The minimum atomic E-state index is -3.05. The van der Waals surface area contributed by atoms with Gasteiger partial charge in [0.25, 0.3) is 0 Å². The Hall–Kier alpha value is -2.32.